The minimum atomic E-state index is 0.0828. The summed E-state index contributed by atoms with van der Waals surface area (Å²) in [5.41, 5.74) is 0.279. The number of hydrogen-bond acceptors (Lipinski definition) is 5. The van der Waals surface area contributed by atoms with Gasteiger partial charge < -0.3 is 15.2 Å². The van der Waals surface area contributed by atoms with E-state index >= 15 is 0 Å². The van der Waals surface area contributed by atoms with Crippen LogP contribution in [0, 0.1) is 5.41 Å². The number of aromatic nitrogens is 2. The van der Waals surface area contributed by atoms with Gasteiger partial charge in [0.2, 0.25) is 0 Å². The number of ether oxygens (including phenoxy) is 1. The van der Waals surface area contributed by atoms with E-state index in [4.69, 9.17) is 4.74 Å². The Morgan fingerprint density at radius 1 is 1.24 bits per heavy atom. The average molecular weight is 295 g/mol. The van der Waals surface area contributed by atoms with Gasteiger partial charge in [0.25, 0.3) is 0 Å². The number of hydrogen-bond donors (Lipinski definition) is 2. The van der Waals surface area contributed by atoms with E-state index in [9.17, 15) is 5.11 Å². The van der Waals surface area contributed by atoms with E-state index < -0.39 is 0 Å². The molecule has 0 aliphatic heterocycles. The van der Waals surface area contributed by atoms with Crippen molar-refractivity contribution >= 4 is 0 Å². The maximum atomic E-state index is 9.42. The topological polar surface area (TPSA) is 67.3 Å². The van der Waals surface area contributed by atoms with Crippen molar-refractivity contribution in [2.75, 3.05) is 6.61 Å². The first-order valence-corrected chi connectivity index (χ1v) is 7.62. The SMILES string of the molecule is CC(C)Oc1cnc(CNC(CO)CCC(C)(C)C)nc1. The van der Waals surface area contributed by atoms with Gasteiger partial charge in [0.15, 0.2) is 5.75 Å². The third-order valence-corrected chi connectivity index (χ3v) is 3.07. The molecular formula is C16H29N3O2. The Morgan fingerprint density at radius 2 is 1.86 bits per heavy atom. The minimum Gasteiger partial charge on any atom is -0.488 e. The third-order valence-electron chi connectivity index (χ3n) is 3.07. The summed E-state index contributed by atoms with van der Waals surface area (Å²) in [6.07, 6.45) is 5.50. The molecule has 21 heavy (non-hydrogen) atoms. The fourth-order valence-corrected chi connectivity index (χ4v) is 1.87. The molecule has 0 radical (unpaired) electrons. The lowest BCUT2D eigenvalue weighted by molar-refractivity contribution is 0.216. The molecule has 1 heterocycles. The zero-order valence-electron chi connectivity index (χ0n) is 13.9. The standard InChI is InChI=1S/C16H29N3O2/c1-12(2)21-14-8-18-15(19-9-14)10-17-13(11-20)6-7-16(3,4)5/h8-9,12-13,17,20H,6-7,10-11H2,1-5H3. The van der Waals surface area contributed by atoms with Crippen LogP contribution in [0.5, 0.6) is 5.75 Å². The van der Waals surface area contributed by atoms with Crippen LogP contribution in [0.25, 0.3) is 0 Å². The summed E-state index contributed by atoms with van der Waals surface area (Å²) in [6.45, 7) is 11.2. The first-order valence-electron chi connectivity index (χ1n) is 7.62. The monoisotopic (exact) mass is 295 g/mol. The van der Waals surface area contributed by atoms with E-state index in [1.807, 2.05) is 13.8 Å². The Hall–Kier alpha value is -1.20. The van der Waals surface area contributed by atoms with E-state index in [0.29, 0.717) is 18.1 Å². The molecule has 1 atom stereocenters. The highest BCUT2D eigenvalue weighted by molar-refractivity contribution is 5.12. The van der Waals surface area contributed by atoms with Crippen LogP contribution in [-0.2, 0) is 6.54 Å². The lowest BCUT2D eigenvalue weighted by Gasteiger charge is -2.22. The fourth-order valence-electron chi connectivity index (χ4n) is 1.87. The second-order valence-corrected chi connectivity index (χ2v) is 6.86. The van der Waals surface area contributed by atoms with Crippen LogP contribution in [0.2, 0.25) is 0 Å². The van der Waals surface area contributed by atoms with E-state index in [1.54, 1.807) is 12.4 Å². The minimum absolute atomic E-state index is 0.0828. The molecule has 2 N–H and O–H groups in total. The van der Waals surface area contributed by atoms with Crippen molar-refractivity contribution in [1.82, 2.24) is 15.3 Å². The molecule has 0 aliphatic carbocycles. The Labute approximate surface area is 128 Å². The molecule has 0 amide bonds. The van der Waals surface area contributed by atoms with E-state index in [0.717, 1.165) is 12.8 Å². The molecule has 1 aromatic rings. The lowest BCUT2D eigenvalue weighted by atomic mass is 9.89. The maximum absolute atomic E-state index is 9.42. The molecule has 0 fully saturated rings. The van der Waals surface area contributed by atoms with Crippen molar-refractivity contribution in [2.24, 2.45) is 5.41 Å². The van der Waals surface area contributed by atoms with Gasteiger partial charge in [0.05, 0.1) is 31.6 Å². The van der Waals surface area contributed by atoms with Crippen molar-refractivity contribution in [2.45, 2.75) is 66.2 Å². The summed E-state index contributed by atoms with van der Waals surface area (Å²) in [5, 5.41) is 12.7. The normalized spacial score (nSPS) is 13.5. The van der Waals surface area contributed by atoms with Crippen LogP contribution in [0.4, 0.5) is 0 Å². The van der Waals surface area contributed by atoms with Crippen molar-refractivity contribution in [1.29, 1.82) is 0 Å². The van der Waals surface area contributed by atoms with Crippen molar-refractivity contribution in [3.63, 3.8) is 0 Å². The summed E-state index contributed by atoms with van der Waals surface area (Å²) in [5.74, 6) is 1.39. The number of nitrogens with zero attached hydrogens (tertiary/aromatic N) is 2. The van der Waals surface area contributed by atoms with Gasteiger partial charge >= 0.3 is 0 Å². The van der Waals surface area contributed by atoms with Crippen LogP contribution in [0.1, 0.15) is 53.3 Å². The number of aliphatic hydroxyl groups is 1. The third kappa shape index (κ3) is 7.97. The second-order valence-electron chi connectivity index (χ2n) is 6.86. The van der Waals surface area contributed by atoms with Crippen LogP contribution in [-0.4, -0.2) is 33.8 Å². The van der Waals surface area contributed by atoms with Crippen molar-refractivity contribution in [3.8, 4) is 5.75 Å². The van der Waals surface area contributed by atoms with Crippen molar-refractivity contribution < 1.29 is 9.84 Å². The Morgan fingerprint density at radius 3 is 2.33 bits per heavy atom. The fraction of sp³-hybridized carbons (Fsp3) is 0.750. The zero-order valence-corrected chi connectivity index (χ0v) is 13.9. The summed E-state index contributed by atoms with van der Waals surface area (Å²) >= 11 is 0. The molecule has 0 aromatic carbocycles. The van der Waals surface area contributed by atoms with Crippen LogP contribution in [0.3, 0.4) is 0 Å². The molecular weight excluding hydrogens is 266 g/mol. The molecule has 1 rings (SSSR count). The lowest BCUT2D eigenvalue weighted by Crippen LogP contribution is -2.33. The van der Waals surface area contributed by atoms with Gasteiger partial charge in [0.1, 0.15) is 5.82 Å². The van der Waals surface area contributed by atoms with E-state index in [-0.39, 0.29) is 24.2 Å². The number of rotatable bonds is 8. The smallest absolute Gasteiger partial charge is 0.156 e. The summed E-state index contributed by atoms with van der Waals surface area (Å²) in [4.78, 5) is 8.53. The van der Waals surface area contributed by atoms with Gasteiger partial charge in [-0.15, -0.1) is 0 Å². The Kier molecular flexibility index (Phi) is 7.05. The molecule has 5 heteroatoms. The highest BCUT2D eigenvalue weighted by Crippen LogP contribution is 2.21. The average Bonchev–Trinajstić information content (AvgIpc) is 2.39. The van der Waals surface area contributed by atoms with Crippen LogP contribution < -0.4 is 10.1 Å². The summed E-state index contributed by atoms with van der Waals surface area (Å²) in [6, 6.07) is 0.0828. The van der Waals surface area contributed by atoms with E-state index in [1.165, 1.54) is 0 Å². The molecule has 0 spiro atoms. The molecule has 0 bridgehead atoms. The van der Waals surface area contributed by atoms with E-state index in [2.05, 4.69) is 36.1 Å². The molecule has 0 saturated carbocycles. The predicted octanol–water partition coefficient (Wildman–Crippen LogP) is 2.54. The quantitative estimate of drug-likeness (QED) is 0.771. The van der Waals surface area contributed by atoms with Gasteiger partial charge in [0, 0.05) is 6.04 Å². The molecule has 1 aromatic heterocycles. The predicted molar refractivity (Wildman–Crippen MR) is 84.2 cm³/mol. The summed E-state index contributed by atoms with van der Waals surface area (Å²) in [7, 11) is 0. The molecule has 5 nitrogen and oxygen atoms in total. The number of nitrogens with one attached hydrogen (secondary N) is 1. The summed E-state index contributed by atoms with van der Waals surface area (Å²) < 4.78 is 5.51. The first-order chi connectivity index (χ1) is 9.80. The van der Waals surface area contributed by atoms with Crippen LogP contribution in [0.15, 0.2) is 12.4 Å². The van der Waals surface area contributed by atoms with Gasteiger partial charge in [-0.2, -0.15) is 0 Å². The van der Waals surface area contributed by atoms with Crippen LogP contribution >= 0.6 is 0 Å². The molecule has 0 saturated heterocycles. The van der Waals surface area contributed by atoms with Crippen molar-refractivity contribution in [3.05, 3.63) is 18.2 Å². The highest BCUT2D eigenvalue weighted by atomic mass is 16.5. The molecule has 1 unspecified atom stereocenters. The Bertz CT molecular complexity index is 399. The largest absolute Gasteiger partial charge is 0.488 e. The first kappa shape index (κ1) is 17.9. The maximum Gasteiger partial charge on any atom is 0.156 e. The molecule has 0 aliphatic rings. The van der Waals surface area contributed by atoms with Gasteiger partial charge in [-0.3, -0.25) is 0 Å². The zero-order chi connectivity index (χ0) is 15.9. The Balaban J connectivity index is 2.42. The molecule has 120 valence electrons. The highest BCUT2D eigenvalue weighted by Gasteiger charge is 2.14. The number of aliphatic hydroxyl groups excluding tert-OH is 1. The second kappa shape index (κ2) is 8.29. The van der Waals surface area contributed by atoms with Gasteiger partial charge in [-0.05, 0) is 32.1 Å². The van der Waals surface area contributed by atoms with Gasteiger partial charge in [-0.25, -0.2) is 9.97 Å². The van der Waals surface area contributed by atoms with Gasteiger partial charge in [-0.1, -0.05) is 20.8 Å².